The number of hydrogen-bond acceptors (Lipinski definition) is 3. The fourth-order valence-corrected chi connectivity index (χ4v) is 2.83. The Hall–Kier alpha value is -2.31. The van der Waals surface area contributed by atoms with Gasteiger partial charge in [0, 0.05) is 32.7 Å². The normalized spacial score (nSPS) is 15.8. The molecule has 0 spiro atoms. The molecule has 1 aromatic rings. The monoisotopic (exact) mass is 350 g/mol. The number of ether oxygens (including phenoxy) is 1. The first kappa shape index (κ1) is 19.0. The van der Waals surface area contributed by atoms with Gasteiger partial charge in [0.1, 0.15) is 5.82 Å². The first-order valence-corrected chi connectivity index (χ1v) is 8.76. The number of rotatable bonds is 5. The number of likely N-dealkylation sites (tertiary alicyclic amines) is 1. The summed E-state index contributed by atoms with van der Waals surface area (Å²) < 4.78 is 18.6. The minimum Gasteiger partial charge on any atom is -0.450 e. The van der Waals surface area contributed by atoms with Crippen molar-refractivity contribution in [3.63, 3.8) is 0 Å². The fraction of sp³-hybridized carbons (Fsp3) is 0.556. The molecule has 1 aliphatic heterocycles. The van der Waals surface area contributed by atoms with Gasteiger partial charge in [0.2, 0.25) is 0 Å². The van der Waals surface area contributed by atoms with Crippen LogP contribution in [0.5, 0.6) is 0 Å². The topological polar surface area (TPSA) is 66.0 Å². The molecule has 1 aromatic carbocycles. The van der Waals surface area contributed by atoms with Crippen LogP contribution in [-0.4, -0.2) is 56.3 Å². The van der Waals surface area contributed by atoms with E-state index in [4.69, 9.17) is 4.74 Å². The number of nitrogens with zero attached hydrogens (tertiary/aromatic N) is 2. The van der Waals surface area contributed by atoms with Gasteiger partial charge in [-0.3, -0.25) is 4.99 Å². The van der Waals surface area contributed by atoms with Gasteiger partial charge in [0.15, 0.2) is 5.96 Å². The van der Waals surface area contributed by atoms with E-state index < -0.39 is 0 Å². The van der Waals surface area contributed by atoms with E-state index in [0.29, 0.717) is 44.2 Å². The average Bonchev–Trinajstić information content (AvgIpc) is 2.63. The Morgan fingerprint density at radius 1 is 1.36 bits per heavy atom. The van der Waals surface area contributed by atoms with Gasteiger partial charge >= 0.3 is 6.09 Å². The lowest BCUT2D eigenvalue weighted by Crippen LogP contribution is -2.50. The van der Waals surface area contributed by atoms with Crippen molar-refractivity contribution in [1.29, 1.82) is 0 Å². The first-order chi connectivity index (χ1) is 12.1. The van der Waals surface area contributed by atoms with Gasteiger partial charge in [-0.05, 0) is 37.8 Å². The van der Waals surface area contributed by atoms with Crippen molar-refractivity contribution in [2.75, 3.05) is 33.3 Å². The number of carbonyl (C=O) groups is 1. The number of guanidine groups is 1. The van der Waals surface area contributed by atoms with Crippen LogP contribution in [0.4, 0.5) is 9.18 Å². The van der Waals surface area contributed by atoms with Crippen molar-refractivity contribution in [1.82, 2.24) is 15.5 Å². The number of hydrogen-bond donors (Lipinski definition) is 2. The second kappa shape index (κ2) is 9.86. The van der Waals surface area contributed by atoms with Crippen molar-refractivity contribution in [2.24, 2.45) is 4.99 Å². The van der Waals surface area contributed by atoms with Crippen LogP contribution in [-0.2, 0) is 11.2 Å². The lowest BCUT2D eigenvalue weighted by Gasteiger charge is -2.32. The zero-order valence-electron chi connectivity index (χ0n) is 14.9. The van der Waals surface area contributed by atoms with Gasteiger partial charge < -0.3 is 20.3 Å². The maximum atomic E-state index is 13.6. The van der Waals surface area contributed by atoms with Crippen molar-refractivity contribution in [3.8, 4) is 0 Å². The molecule has 0 atom stereocenters. The van der Waals surface area contributed by atoms with Crippen LogP contribution in [0.2, 0.25) is 0 Å². The van der Waals surface area contributed by atoms with Crippen LogP contribution in [0, 0.1) is 5.82 Å². The summed E-state index contributed by atoms with van der Waals surface area (Å²) >= 11 is 0. The van der Waals surface area contributed by atoms with Gasteiger partial charge in [0.25, 0.3) is 0 Å². The number of halogens is 1. The second-order valence-electron chi connectivity index (χ2n) is 5.94. The fourth-order valence-electron chi connectivity index (χ4n) is 2.83. The van der Waals surface area contributed by atoms with Crippen LogP contribution in [0.3, 0.4) is 0 Å². The minimum absolute atomic E-state index is 0.182. The van der Waals surface area contributed by atoms with E-state index in [2.05, 4.69) is 15.6 Å². The molecule has 0 bridgehead atoms. The molecule has 1 aliphatic rings. The number of nitrogens with one attached hydrogen (secondary N) is 2. The molecule has 0 radical (unpaired) electrons. The molecule has 7 heteroatoms. The highest BCUT2D eigenvalue weighted by Gasteiger charge is 2.23. The Bertz CT molecular complexity index is 586. The van der Waals surface area contributed by atoms with Crippen LogP contribution in [0.15, 0.2) is 29.3 Å². The smallest absolute Gasteiger partial charge is 0.409 e. The second-order valence-corrected chi connectivity index (χ2v) is 5.94. The van der Waals surface area contributed by atoms with E-state index in [1.165, 1.54) is 6.07 Å². The average molecular weight is 350 g/mol. The van der Waals surface area contributed by atoms with Crippen molar-refractivity contribution in [2.45, 2.75) is 32.2 Å². The number of amides is 1. The predicted molar refractivity (Wildman–Crippen MR) is 96.2 cm³/mol. The molecule has 1 amide bonds. The van der Waals surface area contributed by atoms with Crippen molar-refractivity contribution in [3.05, 3.63) is 35.6 Å². The predicted octanol–water partition coefficient (Wildman–Crippen LogP) is 2.15. The molecule has 2 rings (SSSR count). The zero-order valence-corrected chi connectivity index (χ0v) is 14.9. The van der Waals surface area contributed by atoms with Gasteiger partial charge in [-0.2, -0.15) is 0 Å². The lowest BCUT2D eigenvalue weighted by molar-refractivity contribution is 0.0963. The van der Waals surface area contributed by atoms with E-state index in [-0.39, 0.29) is 18.0 Å². The van der Waals surface area contributed by atoms with Gasteiger partial charge in [-0.1, -0.05) is 18.2 Å². The third-order valence-electron chi connectivity index (χ3n) is 4.23. The summed E-state index contributed by atoms with van der Waals surface area (Å²) in [6.07, 6.45) is 2.03. The molecule has 6 nitrogen and oxygen atoms in total. The van der Waals surface area contributed by atoms with Gasteiger partial charge in [-0.15, -0.1) is 0 Å². The Labute approximate surface area is 148 Å². The Morgan fingerprint density at radius 2 is 2.08 bits per heavy atom. The van der Waals surface area contributed by atoms with Crippen molar-refractivity contribution < 1.29 is 13.9 Å². The van der Waals surface area contributed by atoms with Gasteiger partial charge in [0.05, 0.1) is 6.61 Å². The van der Waals surface area contributed by atoms with Crippen molar-refractivity contribution >= 4 is 12.1 Å². The van der Waals surface area contributed by atoms with Gasteiger partial charge in [-0.25, -0.2) is 9.18 Å². The maximum absolute atomic E-state index is 13.6. The Kier molecular flexibility index (Phi) is 7.50. The molecule has 2 N–H and O–H groups in total. The summed E-state index contributed by atoms with van der Waals surface area (Å²) in [6.45, 7) is 4.15. The molecule has 1 fully saturated rings. The van der Waals surface area contributed by atoms with E-state index in [0.717, 1.165) is 12.8 Å². The van der Waals surface area contributed by atoms with E-state index in [9.17, 15) is 9.18 Å². The summed E-state index contributed by atoms with van der Waals surface area (Å²) in [4.78, 5) is 17.7. The largest absolute Gasteiger partial charge is 0.450 e. The summed E-state index contributed by atoms with van der Waals surface area (Å²) in [5, 5.41) is 6.58. The van der Waals surface area contributed by atoms with E-state index >= 15 is 0 Å². The first-order valence-electron chi connectivity index (χ1n) is 8.76. The maximum Gasteiger partial charge on any atom is 0.409 e. The molecule has 0 saturated carbocycles. The van der Waals surface area contributed by atoms with E-state index in [1.54, 1.807) is 24.1 Å². The highest BCUT2D eigenvalue weighted by molar-refractivity contribution is 5.80. The molecule has 138 valence electrons. The standard InChI is InChI=1S/C18H27FN4O2/c1-3-25-18(24)23-12-9-15(10-13-23)22-17(20-2)21-11-8-14-6-4-5-7-16(14)19/h4-7,15H,3,8-13H2,1-2H3,(H2,20,21,22). The summed E-state index contributed by atoms with van der Waals surface area (Å²) in [5.41, 5.74) is 0.688. The summed E-state index contributed by atoms with van der Waals surface area (Å²) in [6, 6.07) is 7.04. The number of benzene rings is 1. The van der Waals surface area contributed by atoms with Crippen LogP contribution in [0.1, 0.15) is 25.3 Å². The van der Waals surface area contributed by atoms with Crippen LogP contribution >= 0.6 is 0 Å². The lowest BCUT2D eigenvalue weighted by atomic mass is 10.1. The molecule has 0 aromatic heterocycles. The Morgan fingerprint density at radius 3 is 2.72 bits per heavy atom. The molecular formula is C18H27FN4O2. The molecule has 1 saturated heterocycles. The number of carbonyl (C=O) groups excluding carboxylic acids is 1. The molecular weight excluding hydrogens is 323 g/mol. The minimum atomic E-state index is -0.242. The Balaban J connectivity index is 1.72. The molecule has 25 heavy (non-hydrogen) atoms. The SMILES string of the molecule is CCOC(=O)N1CCC(NC(=NC)NCCc2ccccc2F)CC1. The highest BCUT2D eigenvalue weighted by Crippen LogP contribution is 2.11. The highest BCUT2D eigenvalue weighted by atomic mass is 19.1. The van der Waals surface area contributed by atoms with Crippen LogP contribution in [0.25, 0.3) is 0 Å². The summed E-state index contributed by atoms with van der Waals surface area (Å²) in [7, 11) is 1.71. The number of piperidine rings is 1. The molecule has 0 aliphatic carbocycles. The molecule has 0 unspecified atom stereocenters. The third kappa shape index (κ3) is 5.92. The van der Waals surface area contributed by atoms with E-state index in [1.807, 2.05) is 13.0 Å². The van der Waals surface area contributed by atoms with Crippen LogP contribution < -0.4 is 10.6 Å². The quantitative estimate of drug-likeness (QED) is 0.631. The number of aliphatic imine (C=N–C) groups is 1. The zero-order chi connectivity index (χ0) is 18.1. The molecule has 1 heterocycles. The summed E-state index contributed by atoms with van der Waals surface area (Å²) in [5.74, 6) is 0.518. The third-order valence-corrected chi connectivity index (χ3v) is 4.23.